The second-order valence-electron chi connectivity index (χ2n) is 9.71. The quantitative estimate of drug-likeness (QED) is 0.159. The molecular weight excluding hydrogens is 526 g/mol. The number of hydrogen-bond donors (Lipinski definition) is 2. The van der Waals surface area contributed by atoms with E-state index in [1.165, 1.54) is 38.5 Å². The number of ether oxygens (including phenoxy) is 1. The van der Waals surface area contributed by atoms with Crippen molar-refractivity contribution in [1.82, 2.24) is 15.3 Å². The van der Waals surface area contributed by atoms with E-state index in [9.17, 15) is 18.0 Å². The summed E-state index contributed by atoms with van der Waals surface area (Å²) in [6, 6.07) is 4.07. The fourth-order valence-corrected chi connectivity index (χ4v) is 5.11. The van der Waals surface area contributed by atoms with Crippen molar-refractivity contribution in [2.24, 2.45) is 10.9 Å². The molecule has 1 heterocycles. The Bertz CT molecular complexity index is 1470. The summed E-state index contributed by atoms with van der Waals surface area (Å²) in [4.78, 5) is 24.6. The number of rotatable bonds is 8. The van der Waals surface area contributed by atoms with Gasteiger partial charge in [-0.1, -0.05) is 13.5 Å². The van der Waals surface area contributed by atoms with Gasteiger partial charge in [0, 0.05) is 42.3 Å². The maximum Gasteiger partial charge on any atom is 0.243 e. The first-order valence-electron chi connectivity index (χ1n) is 12.7. The standard InChI is InChI=1S/C29H29F4N5O2/c1-5-23(39)38-17-7-6-16(10-17)14(2)26-24(29(34)37-13-36-26)27(35-4)19-9-8-18(11-21(19)31)40-28-15(3)20(30)12-22(32)25(28)33/h5,8-9,11-14,16-17H,1,6-7,10H2,2-4H3,(H,38,39)(H2,34,36,37). The van der Waals surface area contributed by atoms with Crippen molar-refractivity contribution in [2.45, 2.75) is 45.1 Å². The summed E-state index contributed by atoms with van der Waals surface area (Å²) in [5.41, 5.74) is 7.21. The molecule has 1 amide bonds. The van der Waals surface area contributed by atoms with Gasteiger partial charge in [0.25, 0.3) is 0 Å². The number of nitrogen functional groups attached to an aromatic ring is 1. The summed E-state index contributed by atoms with van der Waals surface area (Å²) in [7, 11) is 1.48. The van der Waals surface area contributed by atoms with Crippen LogP contribution in [-0.4, -0.2) is 34.7 Å². The summed E-state index contributed by atoms with van der Waals surface area (Å²) in [5, 5.41) is 2.93. The predicted octanol–water partition coefficient (Wildman–Crippen LogP) is 5.76. The molecule has 1 aromatic heterocycles. The van der Waals surface area contributed by atoms with Gasteiger partial charge in [-0.15, -0.1) is 0 Å². The first kappa shape index (κ1) is 28.7. The van der Waals surface area contributed by atoms with E-state index in [1.54, 1.807) is 0 Å². The summed E-state index contributed by atoms with van der Waals surface area (Å²) >= 11 is 0. The highest BCUT2D eigenvalue weighted by molar-refractivity contribution is 6.16. The molecule has 1 aliphatic rings. The number of benzene rings is 2. The van der Waals surface area contributed by atoms with E-state index >= 15 is 4.39 Å². The van der Waals surface area contributed by atoms with Crippen LogP contribution >= 0.6 is 0 Å². The number of amides is 1. The molecule has 3 N–H and O–H groups in total. The number of nitrogens with one attached hydrogen (secondary N) is 1. The number of carbonyl (C=O) groups is 1. The highest BCUT2D eigenvalue weighted by atomic mass is 19.2. The molecule has 1 saturated carbocycles. The Morgan fingerprint density at radius 3 is 2.60 bits per heavy atom. The summed E-state index contributed by atoms with van der Waals surface area (Å²) in [6.07, 6.45) is 4.93. The second-order valence-corrected chi connectivity index (χ2v) is 9.71. The first-order valence-corrected chi connectivity index (χ1v) is 12.7. The molecule has 0 bridgehead atoms. The monoisotopic (exact) mass is 555 g/mol. The number of nitrogens with zero attached hydrogens (tertiary/aromatic N) is 3. The Morgan fingerprint density at radius 2 is 1.93 bits per heavy atom. The van der Waals surface area contributed by atoms with Crippen LogP contribution in [0.4, 0.5) is 23.4 Å². The number of aromatic nitrogens is 2. The van der Waals surface area contributed by atoms with Crippen LogP contribution in [0.3, 0.4) is 0 Å². The van der Waals surface area contributed by atoms with Crippen LogP contribution in [0.25, 0.3) is 0 Å². The van der Waals surface area contributed by atoms with Crippen molar-refractivity contribution >= 4 is 17.4 Å². The molecule has 3 aromatic rings. The molecule has 11 heteroatoms. The lowest BCUT2D eigenvalue weighted by Gasteiger charge is -2.23. The number of anilines is 1. The zero-order valence-electron chi connectivity index (χ0n) is 22.3. The molecule has 0 saturated heterocycles. The van der Waals surface area contributed by atoms with Crippen LogP contribution in [0.5, 0.6) is 11.5 Å². The minimum Gasteiger partial charge on any atom is -0.454 e. The van der Waals surface area contributed by atoms with Crippen molar-refractivity contribution in [3.8, 4) is 11.5 Å². The first-order chi connectivity index (χ1) is 19.0. The van der Waals surface area contributed by atoms with Gasteiger partial charge in [0.05, 0.1) is 17.0 Å². The minimum absolute atomic E-state index is 0.00456. The number of carbonyl (C=O) groups excluding carboxylic acids is 1. The third-order valence-electron chi connectivity index (χ3n) is 7.29. The summed E-state index contributed by atoms with van der Waals surface area (Å²) in [6.45, 7) is 6.70. The average molecular weight is 556 g/mol. The second kappa shape index (κ2) is 11.8. The average Bonchev–Trinajstić information content (AvgIpc) is 3.40. The predicted molar refractivity (Wildman–Crippen MR) is 143 cm³/mol. The fourth-order valence-electron chi connectivity index (χ4n) is 5.11. The Kier molecular flexibility index (Phi) is 8.51. The Balaban J connectivity index is 1.65. The molecular formula is C29H29F4N5O2. The van der Waals surface area contributed by atoms with Gasteiger partial charge in [0.15, 0.2) is 11.6 Å². The highest BCUT2D eigenvalue weighted by Crippen LogP contribution is 2.39. The van der Waals surface area contributed by atoms with E-state index in [0.717, 1.165) is 25.3 Å². The molecule has 3 unspecified atom stereocenters. The molecule has 0 radical (unpaired) electrons. The molecule has 1 aliphatic carbocycles. The largest absolute Gasteiger partial charge is 0.454 e. The molecule has 4 rings (SSSR count). The summed E-state index contributed by atoms with van der Waals surface area (Å²) < 4.78 is 62.7. The lowest BCUT2D eigenvalue weighted by molar-refractivity contribution is -0.117. The van der Waals surface area contributed by atoms with Crippen LogP contribution in [0.2, 0.25) is 0 Å². The van der Waals surface area contributed by atoms with E-state index in [1.807, 2.05) is 6.92 Å². The topological polar surface area (TPSA) is 102 Å². The van der Waals surface area contributed by atoms with E-state index in [-0.39, 0.29) is 52.2 Å². The molecule has 1 fully saturated rings. The molecule has 0 spiro atoms. The van der Waals surface area contributed by atoms with Crippen molar-refractivity contribution in [3.05, 3.63) is 88.9 Å². The molecule has 210 valence electrons. The molecule has 40 heavy (non-hydrogen) atoms. The molecule has 0 aliphatic heterocycles. The van der Waals surface area contributed by atoms with Gasteiger partial charge in [0.2, 0.25) is 11.7 Å². The van der Waals surface area contributed by atoms with Gasteiger partial charge >= 0.3 is 0 Å². The van der Waals surface area contributed by atoms with Crippen molar-refractivity contribution in [3.63, 3.8) is 0 Å². The van der Waals surface area contributed by atoms with Crippen molar-refractivity contribution in [1.29, 1.82) is 0 Å². The van der Waals surface area contributed by atoms with Gasteiger partial charge in [-0.2, -0.15) is 4.39 Å². The van der Waals surface area contributed by atoms with E-state index in [0.29, 0.717) is 17.3 Å². The lowest BCUT2D eigenvalue weighted by atomic mass is 9.85. The summed E-state index contributed by atoms with van der Waals surface area (Å²) in [5.74, 6) is -5.52. The van der Waals surface area contributed by atoms with Crippen LogP contribution in [0.15, 0.2) is 48.2 Å². The van der Waals surface area contributed by atoms with E-state index < -0.39 is 29.0 Å². The van der Waals surface area contributed by atoms with Gasteiger partial charge in [-0.05, 0) is 50.3 Å². The molecule has 3 atom stereocenters. The van der Waals surface area contributed by atoms with Gasteiger partial charge < -0.3 is 15.8 Å². The lowest BCUT2D eigenvalue weighted by Crippen LogP contribution is -2.31. The number of halogens is 4. The Labute approximate surface area is 229 Å². The molecule has 2 aromatic carbocycles. The van der Waals surface area contributed by atoms with Gasteiger partial charge in [-0.3, -0.25) is 9.79 Å². The Morgan fingerprint density at radius 1 is 1.18 bits per heavy atom. The Hall–Kier alpha value is -4.28. The maximum absolute atomic E-state index is 15.5. The number of nitrogens with two attached hydrogens (primary N) is 1. The van der Waals surface area contributed by atoms with Crippen LogP contribution < -0.4 is 15.8 Å². The van der Waals surface area contributed by atoms with Crippen molar-refractivity contribution < 1.29 is 27.1 Å². The maximum atomic E-state index is 15.5. The third-order valence-corrected chi connectivity index (χ3v) is 7.29. The fraction of sp³-hybridized carbons (Fsp3) is 0.310. The van der Waals surface area contributed by atoms with Gasteiger partial charge in [0.1, 0.15) is 29.5 Å². The van der Waals surface area contributed by atoms with Crippen LogP contribution in [0.1, 0.15) is 54.5 Å². The smallest absolute Gasteiger partial charge is 0.243 e. The van der Waals surface area contributed by atoms with Crippen LogP contribution in [-0.2, 0) is 4.79 Å². The molecule has 7 nitrogen and oxygen atoms in total. The van der Waals surface area contributed by atoms with Gasteiger partial charge in [-0.25, -0.2) is 23.1 Å². The third kappa shape index (κ3) is 5.68. The zero-order valence-corrected chi connectivity index (χ0v) is 22.3. The number of aliphatic imine (C=N–C) groups is 1. The van der Waals surface area contributed by atoms with E-state index in [4.69, 9.17) is 10.5 Å². The SMILES string of the molecule is C=CC(=O)NC1CCC(C(C)c2ncnc(N)c2C(=NC)c2ccc(Oc3c(C)c(F)cc(F)c3F)cc2F)C1. The van der Waals surface area contributed by atoms with Crippen molar-refractivity contribution in [2.75, 3.05) is 12.8 Å². The number of hydrogen-bond acceptors (Lipinski definition) is 6. The normalized spacial score (nSPS) is 17.9. The van der Waals surface area contributed by atoms with E-state index in [2.05, 4.69) is 26.9 Å². The highest BCUT2D eigenvalue weighted by Gasteiger charge is 2.33. The minimum atomic E-state index is -1.42. The van der Waals surface area contributed by atoms with Crippen LogP contribution in [0, 0.1) is 36.1 Å². The zero-order chi connectivity index (χ0) is 29.1.